The van der Waals surface area contributed by atoms with E-state index in [1.165, 1.54) is 16.5 Å². The highest BCUT2D eigenvalue weighted by Gasteiger charge is 2.23. The van der Waals surface area contributed by atoms with Crippen molar-refractivity contribution in [1.82, 2.24) is 4.57 Å². The Kier molecular flexibility index (Phi) is 15.0. The van der Waals surface area contributed by atoms with E-state index in [9.17, 15) is 10.2 Å². The van der Waals surface area contributed by atoms with E-state index in [0.29, 0.717) is 66.8 Å². The number of hydrogen-bond donors (Lipinski definition) is 2. The van der Waals surface area contributed by atoms with Crippen LogP contribution in [0.1, 0.15) is 74.0 Å². The second kappa shape index (κ2) is 21.2. The van der Waals surface area contributed by atoms with E-state index in [2.05, 4.69) is 118 Å². The molecule has 65 heavy (non-hydrogen) atoms. The average molecular weight is 865 g/mol. The molecule has 1 atom stereocenters. The summed E-state index contributed by atoms with van der Waals surface area (Å²) in [6, 6.07) is 38.9. The molecule has 7 rings (SSSR count). The number of fused-ring (bicyclic) bond motifs is 1. The van der Waals surface area contributed by atoms with Gasteiger partial charge in [-0.1, -0.05) is 119 Å². The lowest BCUT2D eigenvalue weighted by atomic mass is 9.98. The van der Waals surface area contributed by atoms with Crippen LogP contribution in [-0.4, -0.2) is 34.5 Å². The number of anilines is 2. The summed E-state index contributed by atoms with van der Waals surface area (Å²) in [7, 11) is 0. The third-order valence-corrected chi connectivity index (χ3v) is 12.3. The Morgan fingerprint density at radius 1 is 0.677 bits per heavy atom. The zero-order valence-corrected chi connectivity index (χ0v) is 39.0. The van der Waals surface area contributed by atoms with Gasteiger partial charge in [0.2, 0.25) is 0 Å². The molecule has 0 saturated heterocycles. The lowest BCUT2D eigenvalue weighted by Crippen LogP contribution is -2.19. The lowest BCUT2D eigenvalue weighted by molar-refractivity contribution is 0.248. The summed E-state index contributed by atoms with van der Waals surface area (Å²) in [5, 5.41) is 25.5. The van der Waals surface area contributed by atoms with Crippen molar-refractivity contribution in [3.8, 4) is 50.9 Å². The molecule has 1 unspecified atom stereocenters. The minimum absolute atomic E-state index is 0.176. The van der Waals surface area contributed by atoms with Gasteiger partial charge < -0.3 is 29.2 Å². The second-order valence-electron chi connectivity index (χ2n) is 16.9. The lowest BCUT2D eigenvalue weighted by Gasteiger charge is -2.28. The number of ether oxygens (including phenoxy) is 2. The van der Waals surface area contributed by atoms with Gasteiger partial charge in [-0.2, -0.15) is 0 Å². The van der Waals surface area contributed by atoms with E-state index in [4.69, 9.17) is 9.47 Å². The molecule has 334 valence electrons. The summed E-state index contributed by atoms with van der Waals surface area (Å²) >= 11 is 0. The molecule has 2 N–H and O–H groups in total. The maximum Gasteiger partial charge on any atom is 0.147 e. The van der Waals surface area contributed by atoms with E-state index in [-0.39, 0.29) is 11.5 Å². The molecule has 6 nitrogen and oxygen atoms in total. The number of nitrogens with zero attached hydrogens (tertiary/aromatic N) is 2. The Morgan fingerprint density at radius 2 is 1.31 bits per heavy atom. The predicted octanol–water partition coefficient (Wildman–Crippen LogP) is 15.1. The number of para-hydroxylation sites is 3. The number of hydrogen-bond acceptors (Lipinski definition) is 5. The highest BCUT2D eigenvalue weighted by atomic mass is 16.5. The first-order valence-corrected chi connectivity index (χ1v) is 23.2. The van der Waals surface area contributed by atoms with Crippen molar-refractivity contribution in [3.63, 3.8) is 0 Å². The molecule has 0 bridgehead atoms. The quantitative estimate of drug-likeness (QED) is 0.0590. The highest BCUT2D eigenvalue weighted by molar-refractivity contribution is 5.92. The Labute approximate surface area is 386 Å². The molecule has 6 heteroatoms. The summed E-state index contributed by atoms with van der Waals surface area (Å²) < 4.78 is 15.2. The summed E-state index contributed by atoms with van der Waals surface area (Å²) in [6.07, 6.45) is 12.5. The molecule has 0 amide bonds. The molecule has 0 radical (unpaired) electrons. The second-order valence-corrected chi connectivity index (χ2v) is 16.9. The predicted molar refractivity (Wildman–Crippen MR) is 274 cm³/mol. The number of allylic oxidation sites excluding steroid dienone is 2. The smallest absolute Gasteiger partial charge is 0.147 e. The van der Waals surface area contributed by atoms with Gasteiger partial charge in [-0.05, 0) is 121 Å². The van der Waals surface area contributed by atoms with E-state index in [1.807, 2.05) is 85.8 Å². The van der Waals surface area contributed by atoms with Crippen LogP contribution in [0.4, 0.5) is 11.4 Å². The van der Waals surface area contributed by atoms with Crippen molar-refractivity contribution >= 4 is 28.4 Å². The minimum atomic E-state index is 0.176. The van der Waals surface area contributed by atoms with Crippen LogP contribution >= 0.6 is 0 Å². The number of benzene rings is 6. The Balaban J connectivity index is 1.13. The van der Waals surface area contributed by atoms with Gasteiger partial charge in [0.25, 0.3) is 0 Å². The van der Waals surface area contributed by atoms with E-state index >= 15 is 0 Å². The Hall–Kier alpha value is -6.92. The number of rotatable bonds is 20. The van der Waals surface area contributed by atoms with Crippen molar-refractivity contribution in [2.75, 3.05) is 24.7 Å². The van der Waals surface area contributed by atoms with Gasteiger partial charge >= 0.3 is 0 Å². The SMILES string of the molecule is C=CCc1cc(CC)ccc1N(CC=C)c1cc(C)cc(-c2ccccc2OCCCOc2ccccc2-c2cc(C)cc(-n3c(/C=C\C(C)CC)c(CC)c4ccccc43)c2O)c1O. The summed E-state index contributed by atoms with van der Waals surface area (Å²) in [4.78, 5) is 2.13. The Morgan fingerprint density at radius 3 is 1.94 bits per heavy atom. The van der Waals surface area contributed by atoms with Crippen molar-refractivity contribution in [3.05, 3.63) is 180 Å². The average Bonchev–Trinajstić information content (AvgIpc) is 3.64. The van der Waals surface area contributed by atoms with Crippen molar-refractivity contribution in [1.29, 1.82) is 0 Å². The minimum Gasteiger partial charge on any atom is -0.505 e. The van der Waals surface area contributed by atoms with Crippen LogP contribution in [0.25, 0.3) is 44.9 Å². The fourth-order valence-electron chi connectivity index (χ4n) is 8.78. The van der Waals surface area contributed by atoms with Crippen molar-refractivity contribution in [2.45, 2.75) is 73.6 Å². The molecule has 0 aliphatic rings. The van der Waals surface area contributed by atoms with Crippen LogP contribution in [0.2, 0.25) is 0 Å². The first-order chi connectivity index (χ1) is 31.6. The van der Waals surface area contributed by atoms with E-state index < -0.39 is 0 Å². The van der Waals surface area contributed by atoms with Gasteiger partial charge in [-0.15, -0.1) is 13.2 Å². The zero-order chi connectivity index (χ0) is 46.0. The largest absolute Gasteiger partial charge is 0.505 e. The van der Waals surface area contributed by atoms with Gasteiger partial charge in [0.15, 0.2) is 0 Å². The third-order valence-electron chi connectivity index (χ3n) is 12.3. The van der Waals surface area contributed by atoms with Crippen LogP contribution in [0.5, 0.6) is 23.0 Å². The number of aromatic hydroxyl groups is 2. The molecular weight excluding hydrogens is 801 g/mol. The zero-order valence-electron chi connectivity index (χ0n) is 39.0. The molecule has 0 aliphatic carbocycles. The monoisotopic (exact) mass is 864 g/mol. The van der Waals surface area contributed by atoms with Crippen LogP contribution in [0.3, 0.4) is 0 Å². The van der Waals surface area contributed by atoms with Crippen molar-refractivity contribution in [2.24, 2.45) is 5.92 Å². The third kappa shape index (κ3) is 9.93. The normalized spacial score (nSPS) is 11.8. The van der Waals surface area contributed by atoms with Gasteiger partial charge in [0.1, 0.15) is 23.0 Å². The molecule has 0 aliphatic heterocycles. The summed E-state index contributed by atoms with van der Waals surface area (Å²) in [5.74, 6) is 2.17. The molecule has 6 aromatic carbocycles. The van der Waals surface area contributed by atoms with Gasteiger partial charge in [-0.3, -0.25) is 0 Å². The first-order valence-electron chi connectivity index (χ1n) is 23.2. The number of phenolic OH excluding ortho intramolecular Hbond substituents is 2. The van der Waals surface area contributed by atoms with E-state index in [0.717, 1.165) is 69.7 Å². The van der Waals surface area contributed by atoms with Crippen LogP contribution < -0.4 is 14.4 Å². The van der Waals surface area contributed by atoms with Gasteiger partial charge in [0, 0.05) is 52.0 Å². The van der Waals surface area contributed by atoms with Crippen LogP contribution in [0.15, 0.2) is 147 Å². The highest BCUT2D eigenvalue weighted by Crippen LogP contribution is 2.46. The maximum atomic E-state index is 12.3. The maximum absolute atomic E-state index is 12.3. The van der Waals surface area contributed by atoms with Crippen LogP contribution in [0, 0.1) is 19.8 Å². The molecule has 1 heterocycles. The fraction of sp³-hybridized carbons (Fsp3) is 0.254. The molecule has 7 aromatic rings. The van der Waals surface area contributed by atoms with Crippen molar-refractivity contribution < 1.29 is 19.7 Å². The van der Waals surface area contributed by atoms with Crippen LogP contribution in [-0.2, 0) is 19.3 Å². The van der Waals surface area contributed by atoms with Gasteiger partial charge in [-0.25, -0.2) is 0 Å². The summed E-state index contributed by atoms with van der Waals surface area (Å²) in [5.41, 5.74) is 13.4. The molecular formula is C59H64N2O4. The Bertz CT molecular complexity index is 2830. The van der Waals surface area contributed by atoms with Gasteiger partial charge in [0.05, 0.1) is 30.1 Å². The number of phenols is 2. The number of aryl methyl sites for hydroxylation is 4. The summed E-state index contributed by atoms with van der Waals surface area (Å²) in [6.45, 7) is 22.3. The first kappa shape index (κ1) is 46.1. The van der Waals surface area contributed by atoms with E-state index in [1.54, 1.807) is 0 Å². The molecule has 0 spiro atoms. The molecule has 1 aromatic heterocycles. The molecule has 0 fully saturated rings. The standard InChI is InChI=1S/C59H64N2O4/c1-9-21-44-39-43(12-4)29-31-51(44)60(32-10-2)54-37-41(7)35-49(58(54)62)47-23-15-18-26-56(47)64-33-20-34-65-57-27-19-16-24-48(57)50-36-42(8)38-55(59(50)63)61-52-25-17-14-22-46(52)45(13-5)53(61)30-28-40(6)11-3/h9-10,14-19,22-31,35-40,62-63H,1-2,11-13,20-21,32-34H2,3-8H3/b30-28-. The molecule has 0 saturated carbocycles. The fourth-order valence-corrected chi connectivity index (χ4v) is 8.78. The number of aromatic nitrogens is 1. The topological polar surface area (TPSA) is 67.1 Å².